The summed E-state index contributed by atoms with van der Waals surface area (Å²) < 4.78 is 44.5. The summed E-state index contributed by atoms with van der Waals surface area (Å²) in [5, 5.41) is 22.4. The van der Waals surface area contributed by atoms with Gasteiger partial charge in [-0.3, -0.25) is 4.79 Å². The lowest BCUT2D eigenvalue weighted by atomic mass is 10.1. The molecule has 0 saturated carbocycles. The van der Waals surface area contributed by atoms with Crippen LogP contribution >= 0.6 is 0 Å². The molecule has 33 heavy (non-hydrogen) atoms. The molecule has 0 aliphatic rings. The van der Waals surface area contributed by atoms with Crippen LogP contribution in [-0.4, -0.2) is 31.1 Å². The SMILES string of the molecule is Nc1ncc(O)c(Oc2ccc3c(C(=O)Nc4cccc(C(F)(F)F)c4O)cccc3n2)n1. The molecule has 9 nitrogen and oxygen atoms in total. The molecule has 2 aromatic carbocycles. The Morgan fingerprint density at radius 2 is 1.79 bits per heavy atom. The van der Waals surface area contributed by atoms with Crippen molar-refractivity contribution in [3.05, 3.63) is 65.9 Å². The number of nitrogen functional groups attached to an aromatic ring is 1. The van der Waals surface area contributed by atoms with Crippen LogP contribution in [0.25, 0.3) is 10.9 Å². The number of halogens is 3. The molecule has 2 heterocycles. The standard InChI is InChI=1S/C21H14F3N5O4/c22-21(23,24)12-4-2-6-14(17(12)31)28-18(32)11-3-1-5-13-10(11)7-8-16(27-13)33-19-15(30)9-26-20(25)29-19/h1-9,30-31H,(H,28,32)(H2,25,26,29). The molecule has 12 heteroatoms. The number of aromatic hydroxyl groups is 2. The number of hydrogen-bond donors (Lipinski definition) is 4. The van der Waals surface area contributed by atoms with Gasteiger partial charge in [0.15, 0.2) is 11.5 Å². The molecule has 0 bridgehead atoms. The molecule has 0 aliphatic heterocycles. The number of carbonyl (C=O) groups is 1. The lowest BCUT2D eigenvalue weighted by Crippen LogP contribution is -2.14. The molecule has 0 aliphatic carbocycles. The van der Waals surface area contributed by atoms with E-state index in [-0.39, 0.29) is 29.0 Å². The number of nitrogens with zero attached hydrogens (tertiary/aromatic N) is 3. The summed E-state index contributed by atoms with van der Waals surface area (Å²) in [6, 6.07) is 10.4. The second-order valence-corrected chi connectivity index (χ2v) is 6.70. The fourth-order valence-electron chi connectivity index (χ4n) is 3.00. The maximum atomic E-state index is 13.0. The van der Waals surface area contributed by atoms with Gasteiger partial charge in [-0.25, -0.2) is 9.97 Å². The van der Waals surface area contributed by atoms with Gasteiger partial charge >= 0.3 is 6.18 Å². The second-order valence-electron chi connectivity index (χ2n) is 6.70. The van der Waals surface area contributed by atoms with Gasteiger partial charge in [-0.15, -0.1) is 0 Å². The van der Waals surface area contributed by atoms with Crippen LogP contribution in [0.2, 0.25) is 0 Å². The Kier molecular flexibility index (Phi) is 5.34. The molecule has 168 valence electrons. The predicted octanol–water partition coefficient (Wildman–Crippen LogP) is 4.08. The maximum Gasteiger partial charge on any atom is 0.420 e. The van der Waals surface area contributed by atoms with Gasteiger partial charge < -0.3 is 26.0 Å². The van der Waals surface area contributed by atoms with Crippen LogP contribution in [0.5, 0.6) is 23.3 Å². The van der Waals surface area contributed by atoms with Crippen LogP contribution in [0.4, 0.5) is 24.8 Å². The van der Waals surface area contributed by atoms with Gasteiger partial charge in [-0.05, 0) is 30.3 Å². The molecule has 0 unspecified atom stereocenters. The highest BCUT2D eigenvalue weighted by atomic mass is 19.4. The number of phenolic OH excluding ortho intramolecular Hbond substituents is 1. The third kappa shape index (κ3) is 4.39. The number of alkyl halides is 3. The number of ether oxygens (including phenoxy) is 1. The van der Waals surface area contributed by atoms with Crippen molar-refractivity contribution in [2.75, 3.05) is 11.1 Å². The number of pyridine rings is 1. The van der Waals surface area contributed by atoms with Crippen LogP contribution in [0.1, 0.15) is 15.9 Å². The number of phenols is 1. The number of benzene rings is 2. The Bertz CT molecular complexity index is 1380. The molecule has 2 aromatic heterocycles. The molecule has 4 aromatic rings. The number of carbonyl (C=O) groups excluding carboxylic acids is 1. The molecule has 0 radical (unpaired) electrons. The minimum Gasteiger partial charge on any atom is -0.505 e. The highest BCUT2D eigenvalue weighted by molar-refractivity contribution is 6.12. The van der Waals surface area contributed by atoms with Gasteiger partial charge in [-0.1, -0.05) is 12.1 Å². The van der Waals surface area contributed by atoms with Crippen molar-refractivity contribution in [1.29, 1.82) is 0 Å². The van der Waals surface area contributed by atoms with E-state index in [9.17, 15) is 28.2 Å². The molecule has 0 fully saturated rings. The lowest BCUT2D eigenvalue weighted by molar-refractivity contribution is -0.138. The van der Waals surface area contributed by atoms with Crippen LogP contribution in [0.15, 0.2) is 54.7 Å². The van der Waals surface area contributed by atoms with Crippen LogP contribution in [0.3, 0.4) is 0 Å². The zero-order valence-corrected chi connectivity index (χ0v) is 16.5. The fraction of sp³-hybridized carbons (Fsp3) is 0.0476. The Balaban J connectivity index is 1.64. The van der Waals surface area contributed by atoms with Gasteiger partial charge in [0.2, 0.25) is 11.8 Å². The molecular formula is C21H14F3N5O4. The second kappa shape index (κ2) is 8.15. The van der Waals surface area contributed by atoms with Crippen molar-refractivity contribution >= 4 is 28.4 Å². The maximum absolute atomic E-state index is 13.0. The van der Waals surface area contributed by atoms with E-state index in [1.807, 2.05) is 0 Å². The Hall–Kier alpha value is -4.61. The third-order valence-electron chi connectivity index (χ3n) is 4.50. The summed E-state index contributed by atoms with van der Waals surface area (Å²) in [6.07, 6.45) is -3.72. The lowest BCUT2D eigenvalue weighted by Gasteiger charge is -2.14. The number of aromatic nitrogens is 3. The normalized spacial score (nSPS) is 11.4. The van der Waals surface area contributed by atoms with Crippen LogP contribution in [-0.2, 0) is 6.18 Å². The highest BCUT2D eigenvalue weighted by Crippen LogP contribution is 2.39. The van der Waals surface area contributed by atoms with Crippen molar-refractivity contribution in [3.63, 3.8) is 0 Å². The van der Waals surface area contributed by atoms with Crippen molar-refractivity contribution < 1.29 is 32.9 Å². The Labute approximate surface area is 183 Å². The van der Waals surface area contributed by atoms with Crippen molar-refractivity contribution in [2.24, 2.45) is 0 Å². The first-order chi connectivity index (χ1) is 15.6. The van der Waals surface area contributed by atoms with Crippen molar-refractivity contribution in [3.8, 4) is 23.3 Å². The zero-order chi connectivity index (χ0) is 23.8. The predicted molar refractivity (Wildman–Crippen MR) is 111 cm³/mol. The molecule has 0 saturated heterocycles. The zero-order valence-electron chi connectivity index (χ0n) is 16.5. The van der Waals surface area contributed by atoms with Crippen LogP contribution in [0, 0.1) is 0 Å². The van der Waals surface area contributed by atoms with Gasteiger partial charge in [0.05, 0.1) is 23.0 Å². The smallest absolute Gasteiger partial charge is 0.420 e. The first-order valence-electron chi connectivity index (χ1n) is 9.23. The molecule has 0 atom stereocenters. The summed E-state index contributed by atoms with van der Waals surface area (Å²) in [5.41, 5.74) is 4.22. The van der Waals surface area contributed by atoms with Gasteiger partial charge in [0, 0.05) is 17.0 Å². The molecular weight excluding hydrogens is 443 g/mol. The average molecular weight is 457 g/mol. The summed E-state index contributed by atoms with van der Waals surface area (Å²) in [7, 11) is 0. The number of hydrogen-bond acceptors (Lipinski definition) is 8. The summed E-state index contributed by atoms with van der Waals surface area (Å²) in [6.45, 7) is 0. The minimum absolute atomic E-state index is 0.0315. The number of para-hydroxylation sites is 1. The van der Waals surface area contributed by atoms with E-state index >= 15 is 0 Å². The summed E-state index contributed by atoms with van der Waals surface area (Å²) in [5.74, 6) is -2.52. The van der Waals surface area contributed by atoms with E-state index in [1.54, 1.807) is 6.07 Å². The Morgan fingerprint density at radius 3 is 2.55 bits per heavy atom. The first kappa shape index (κ1) is 21.6. The van der Waals surface area contributed by atoms with Gasteiger partial charge in [-0.2, -0.15) is 18.2 Å². The summed E-state index contributed by atoms with van der Waals surface area (Å²) >= 11 is 0. The average Bonchev–Trinajstić information content (AvgIpc) is 2.76. The quantitative estimate of drug-likeness (QED) is 0.336. The van der Waals surface area contributed by atoms with E-state index in [0.717, 1.165) is 18.3 Å². The van der Waals surface area contributed by atoms with Crippen molar-refractivity contribution in [2.45, 2.75) is 6.18 Å². The largest absolute Gasteiger partial charge is 0.505 e. The number of rotatable bonds is 4. The fourth-order valence-corrected chi connectivity index (χ4v) is 3.00. The molecule has 1 amide bonds. The van der Waals surface area contributed by atoms with E-state index < -0.39 is 29.1 Å². The number of anilines is 2. The number of fused-ring (bicyclic) bond motifs is 1. The monoisotopic (exact) mass is 457 g/mol. The third-order valence-corrected chi connectivity index (χ3v) is 4.50. The molecule has 5 N–H and O–H groups in total. The number of nitrogens with one attached hydrogen (secondary N) is 1. The van der Waals surface area contributed by atoms with Gasteiger partial charge in [0.25, 0.3) is 11.8 Å². The van der Waals surface area contributed by atoms with E-state index in [1.165, 1.54) is 24.3 Å². The Morgan fingerprint density at radius 1 is 1.03 bits per heavy atom. The number of nitrogens with two attached hydrogens (primary N) is 1. The van der Waals surface area contributed by atoms with E-state index in [0.29, 0.717) is 17.0 Å². The molecule has 0 spiro atoms. The van der Waals surface area contributed by atoms with Crippen LogP contribution < -0.4 is 15.8 Å². The first-order valence-corrected chi connectivity index (χ1v) is 9.23. The number of amides is 1. The van der Waals surface area contributed by atoms with E-state index in [4.69, 9.17) is 10.5 Å². The highest BCUT2D eigenvalue weighted by Gasteiger charge is 2.34. The van der Waals surface area contributed by atoms with Crippen molar-refractivity contribution in [1.82, 2.24) is 15.0 Å². The minimum atomic E-state index is -4.78. The molecule has 4 rings (SSSR count). The van der Waals surface area contributed by atoms with E-state index in [2.05, 4.69) is 20.3 Å². The van der Waals surface area contributed by atoms with Gasteiger partial charge in [0.1, 0.15) is 0 Å². The topological polar surface area (TPSA) is 143 Å². The summed E-state index contributed by atoms with van der Waals surface area (Å²) in [4.78, 5) is 24.4.